The fourth-order valence-corrected chi connectivity index (χ4v) is 3.09. The summed E-state index contributed by atoms with van der Waals surface area (Å²) in [4.78, 5) is 0. The van der Waals surface area contributed by atoms with Crippen LogP contribution in [0.2, 0.25) is 0 Å². The quantitative estimate of drug-likeness (QED) is 0.616. The molecular formula is C22H35N. The molecule has 1 aliphatic carbocycles. The molecule has 0 aromatic heterocycles. The third-order valence-corrected chi connectivity index (χ3v) is 4.18. The van der Waals surface area contributed by atoms with E-state index in [9.17, 15) is 0 Å². The summed E-state index contributed by atoms with van der Waals surface area (Å²) in [7, 11) is 0. The fraction of sp³-hybridized carbons (Fsp3) is 0.545. The number of allylic oxidation sites excluding steroid dienone is 6. The van der Waals surface area contributed by atoms with Gasteiger partial charge in [-0.1, -0.05) is 52.2 Å². The maximum absolute atomic E-state index is 4.27. The molecule has 0 amide bonds. The van der Waals surface area contributed by atoms with Crippen molar-refractivity contribution in [1.29, 1.82) is 0 Å². The molecule has 0 bridgehead atoms. The van der Waals surface area contributed by atoms with E-state index in [0.29, 0.717) is 0 Å². The van der Waals surface area contributed by atoms with E-state index in [1.807, 2.05) is 6.08 Å². The van der Waals surface area contributed by atoms with Crippen LogP contribution in [0.5, 0.6) is 0 Å². The highest BCUT2D eigenvalue weighted by Crippen LogP contribution is 2.34. The van der Waals surface area contributed by atoms with Gasteiger partial charge in [0, 0.05) is 11.1 Å². The van der Waals surface area contributed by atoms with E-state index in [2.05, 4.69) is 92.1 Å². The van der Waals surface area contributed by atoms with Crippen molar-refractivity contribution in [1.82, 2.24) is 5.32 Å². The minimum Gasteiger partial charge on any atom is -0.303 e. The first-order valence-electron chi connectivity index (χ1n) is 8.51. The highest BCUT2D eigenvalue weighted by atomic mass is 15.0. The maximum atomic E-state index is 4.27. The molecule has 0 aromatic carbocycles. The normalized spacial score (nSPS) is 23.2. The van der Waals surface area contributed by atoms with Gasteiger partial charge in [-0.25, -0.2) is 0 Å². The summed E-state index contributed by atoms with van der Waals surface area (Å²) in [6, 6.07) is 0. The van der Waals surface area contributed by atoms with Crippen molar-refractivity contribution in [2.75, 3.05) is 0 Å². The Balaban J connectivity index is 3.07. The van der Waals surface area contributed by atoms with Gasteiger partial charge in [-0.15, -0.1) is 0 Å². The zero-order chi connectivity index (χ0) is 18.1. The smallest absolute Gasteiger partial charge is 0.0380 e. The maximum Gasteiger partial charge on any atom is 0.0380 e. The number of hydrogen-bond acceptors (Lipinski definition) is 1. The van der Waals surface area contributed by atoms with Crippen LogP contribution in [0.25, 0.3) is 0 Å². The van der Waals surface area contributed by atoms with E-state index < -0.39 is 0 Å². The van der Waals surface area contributed by atoms with Crippen LogP contribution in [-0.2, 0) is 0 Å². The molecule has 1 nitrogen and oxygen atoms in total. The van der Waals surface area contributed by atoms with Gasteiger partial charge in [0.2, 0.25) is 0 Å². The molecule has 1 rings (SSSR count). The Labute approximate surface area is 143 Å². The Morgan fingerprint density at radius 3 is 2.17 bits per heavy atom. The number of hydrogen-bond donors (Lipinski definition) is 1. The molecule has 0 fully saturated rings. The second-order valence-corrected chi connectivity index (χ2v) is 9.02. The van der Waals surface area contributed by atoms with E-state index in [4.69, 9.17) is 0 Å². The molecule has 0 saturated heterocycles. The molecule has 1 aliphatic rings. The van der Waals surface area contributed by atoms with Gasteiger partial charge in [0.15, 0.2) is 0 Å². The van der Waals surface area contributed by atoms with Crippen molar-refractivity contribution in [3.63, 3.8) is 0 Å². The molecule has 23 heavy (non-hydrogen) atoms. The van der Waals surface area contributed by atoms with E-state index in [1.54, 1.807) is 0 Å². The van der Waals surface area contributed by atoms with E-state index >= 15 is 0 Å². The third-order valence-electron chi connectivity index (χ3n) is 4.18. The average Bonchev–Trinajstić information content (AvgIpc) is 2.33. The highest BCUT2D eigenvalue weighted by Gasteiger charge is 2.28. The molecule has 0 aliphatic heterocycles. The first kappa shape index (κ1) is 19.7. The minimum atomic E-state index is 0.00898. The fourth-order valence-electron chi connectivity index (χ4n) is 3.09. The van der Waals surface area contributed by atoms with E-state index in [1.165, 1.54) is 11.1 Å². The van der Waals surface area contributed by atoms with Crippen LogP contribution < -0.4 is 5.32 Å². The Morgan fingerprint density at radius 1 is 1.22 bits per heavy atom. The minimum absolute atomic E-state index is 0.00898. The van der Waals surface area contributed by atoms with E-state index in [-0.39, 0.29) is 16.5 Å². The van der Waals surface area contributed by atoms with Gasteiger partial charge in [-0.3, -0.25) is 0 Å². The molecule has 1 heteroatoms. The summed E-state index contributed by atoms with van der Waals surface area (Å²) in [5.41, 5.74) is 4.99. The van der Waals surface area contributed by atoms with Gasteiger partial charge in [-0.05, 0) is 74.8 Å². The van der Waals surface area contributed by atoms with Crippen molar-refractivity contribution in [2.24, 2.45) is 5.41 Å². The van der Waals surface area contributed by atoms with Crippen LogP contribution in [-0.4, -0.2) is 11.1 Å². The first-order valence-corrected chi connectivity index (χ1v) is 8.51. The lowest BCUT2D eigenvalue weighted by Gasteiger charge is -2.38. The monoisotopic (exact) mass is 313 g/mol. The molecular weight excluding hydrogens is 278 g/mol. The van der Waals surface area contributed by atoms with Crippen LogP contribution in [0.1, 0.15) is 61.8 Å². The lowest BCUT2D eigenvalue weighted by Crippen LogP contribution is -2.51. The summed E-state index contributed by atoms with van der Waals surface area (Å²) in [6.07, 6.45) is 9.81. The van der Waals surface area contributed by atoms with Crippen molar-refractivity contribution in [3.05, 3.63) is 59.8 Å². The summed E-state index contributed by atoms with van der Waals surface area (Å²) in [6.45, 7) is 25.9. The molecule has 128 valence electrons. The van der Waals surface area contributed by atoms with Crippen molar-refractivity contribution in [3.8, 4) is 0 Å². The topological polar surface area (TPSA) is 12.0 Å². The van der Waals surface area contributed by atoms with Crippen LogP contribution in [0.3, 0.4) is 0 Å². The molecule has 1 unspecified atom stereocenters. The molecule has 1 atom stereocenters. The van der Waals surface area contributed by atoms with Gasteiger partial charge in [-0.2, -0.15) is 0 Å². The predicted molar refractivity (Wildman–Crippen MR) is 105 cm³/mol. The molecule has 0 aromatic rings. The van der Waals surface area contributed by atoms with Gasteiger partial charge < -0.3 is 5.32 Å². The molecule has 0 heterocycles. The second kappa shape index (κ2) is 6.65. The Morgan fingerprint density at radius 2 is 1.78 bits per heavy atom. The van der Waals surface area contributed by atoms with Gasteiger partial charge in [0.05, 0.1) is 0 Å². The van der Waals surface area contributed by atoms with Gasteiger partial charge >= 0.3 is 0 Å². The van der Waals surface area contributed by atoms with E-state index in [0.717, 1.165) is 17.6 Å². The summed E-state index contributed by atoms with van der Waals surface area (Å²) in [5.74, 6) is 0. The molecule has 0 spiro atoms. The third kappa shape index (κ3) is 5.66. The lowest BCUT2D eigenvalue weighted by atomic mass is 9.80. The summed E-state index contributed by atoms with van der Waals surface area (Å²) in [5, 5.41) is 3.72. The van der Waals surface area contributed by atoms with Crippen molar-refractivity contribution >= 4 is 0 Å². The summed E-state index contributed by atoms with van der Waals surface area (Å²) < 4.78 is 0. The van der Waals surface area contributed by atoms with Crippen LogP contribution >= 0.6 is 0 Å². The lowest BCUT2D eigenvalue weighted by molar-refractivity contribution is 0.310. The van der Waals surface area contributed by atoms with Crippen LogP contribution in [0.15, 0.2) is 59.8 Å². The largest absolute Gasteiger partial charge is 0.303 e. The Hall–Kier alpha value is -1.34. The molecule has 0 radical (unpaired) electrons. The molecule has 1 N–H and O–H groups in total. The van der Waals surface area contributed by atoms with Crippen molar-refractivity contribution in [2.45, 2.75) is 72.9 Å². The molecule has 0 saturated carbocycles. The number of rotatable bonds is 4. The standard InChI is InChI=1S/C22H35N/c1-11-18(17(3)20(4,5)6)14-19-12-13-22(10,15-16(19)2)23-21(7,8)9/h11-12,14-15,23H,1,3,13H2,2,4-10H3/b18-14+. The zero-order valence-corrected chi connectivity index (χ0v) is 16.4. The SMILES string of the molecule is C=C/C(=C\C1=CCC(C)(NC(C)(C)C)C=C1C)C(=C)C(C)(C)C. The first-order chi connectivity index (χ1) is 10.3. The Kier molecular flexibility index (Phi) is 5.70. The number of nitrogens with one attached hydrogen (secondary N) is 1. The van der Waals surface area contributed by atoms with Gasteiger partial charge in [0.1, 0.15) is 0 Å². The predicted octanol–water partition coefficient (Wildman–Crippen LogP) is 6.12. The van der Waals surface area contributed by atoms with Gasteiger partial charge in [0.25, 0.3) is 0 Å². The van der Waals surface area contributed by atoms with Crippen molar-refractivity contribution < 1.29 is 0 Å². The van der Waals surface area contributed by atoms with Crippen LogP contribution in [0.4, 0.5) is 0 Å². The second-order valence-electron chi connectivity index (χ2n) is 9.02. The average molecular weight is 314 g/mol. The Bertz CT molecular complexity index is 570. The van der Waals surface area contributed by atoms with Crippen LogP contribution in [0, 0.1) is 5.41 Å². The summed E-state index contributed by atoms with van der Waals surface area (Å²) >= 11 is 0. The zero-order valence-electron chi connectivity index (χ0n) is 16.4. The highest BCUT2D eigenvalue weighted by molar-refractivity contribution is 5.52.